The van der Waals surface area contributed by atoms with E-state index in [9.17, 15) is 35.9 Å². The van der Waals surface area contributed by atoms with Crippen LogP contribution in [0.5, 0.6) is 0 Å². The average Bonchev–Trinajstić information content (AvgIpc) is 2.92. The number of carbonyl (C=O) groups excluding carboxylic acids is 1. The maximum Gasteiger partial charge on any atom is 0.269 e. The Morgan fingerprint density at radius 3 is 2.38 bits per heavy atom. The number of nitrogens with one attached hydrogen (secondary N) is 2. The van der Waals surface area contributed by atoms with Gasteiger partial charge in [-0.05, 0) is 55.7 Å². The maximum absolute atomic E-state index is 13.6. The fourth-order valence-corrected chi connectivity index (χ4v) is 5.39. The molecule has 0 bridgehead atoms. The Bertz CT molecular complexity index is 1360. The van der Waals surface area contributed by atoms with Crippen LogP contribution in [-0.4, -0.2) is 68.4 Å². The molecule has 0 saturated carbocycles. The van der Waals surface area contributed by atoms with Crippen molar-refractivity contribution in [3.8, 4) is 0 Å². The Kier molecular flexibility index (Phi) is 8.88. The normalized spacial score (nSPS) is 18.3. The lowest BCUT2D eigenvalue weighted by molar-refractivity contribution is -0.0221. The van der Waals surface area contributed by atoms with Crippen molar-refractivity contribution in [1.29, 1.82) is 0 Å². The van der Waals surface area contributed by atoms with E-state index in [1.807, 2.05) is 0 Å². The van der Waals surface area contributed by atoms with Crippen LogP contribution in [-0.2, 0) is 10.0 Å². The van der Waals surface area contributed by atoms with Gasteiger partial charge in [-0.25, -0.2) is 22.2 Å². The number of hydrogen-bond acceptors (Lipinski definition) is 7. The van der Waals surface area contributed by atoms with Crippen LogP contribution in [0.3, 0.4) is 0 Å². The zero-order valence-electron chi connectivity index (χ0n) is 21.8. The number of rotatable bonds is 8. The molecule has 2 aliphatic heterocycles. The third kappa shape index (κ3) is 7.02. The fraction of sp³-hybridized carbons (Fsp3) is 0.462. The number of aliphatic hydroxyl groups is 1. The number of amides is 1. The number of carbonyl (C=O) groups is 1. The number of benzene rings is 1. The van der Waals surface area contributed by atoms with Crippen LogP contribution in [0.4, 0.5) is 40.6 Å². The van der Waals surface area contributed by atoms with Crippen molar-refractivity contribution in [3.05, 3.63) is 53.6 Å². The Labute approximate surface area is 229 Å². The fourth-order valence-electron chi connectivity index (χ4n) is 4.53. The quantitative estimate of drug-likeness (QED) is 0.393. The van der Waals surface area contributed by atoms with Gasteiger partial charge in [0, 0.05) is 39.0 Å². The third-order valence-corrected chi connectivity index (χ3v) is 8.79. The van der Waals surface area contributed by atoms with Crippen molar-refractivity contribution in [1.82, 2.24) is 4.98 Å². The molecule has 0 radical (unpaired) electrons. The molecular formula is C26H31F4N5O4S. The van der Waals surface area contributed by atoms with Gasteiger partial charge in [-0.1, -0.05) is 6.07 Å². The molecule has 0 spiro atoms. The predicted octanol–water partition coefficient (Wildman–Crippen LogP) is 4.44. The van der Waals surface area contributed by atoms with E-state index in [2.05, 4.69) is 15.0 Å². The summed E-state index contributed by atoms with van der Waals surface area (Å²) in [5.74, 6) is -2.65. The summed E-state index contributed by atoms with van der Waals surface area (Å²) in [6, 6.07) is 9.14. The lowest BCUT2D eigenvalue weighted by Crippen LogP contribution is -2.39. The molecule has 2 aliphatic rings. The number of pyridine rings is 1. The van der Waals surface area contributed by atoms with E-state index in [0.717, 1.165) is 0 Å². The van der Waals surface area contributed by atoms with Crippen LogP contribution < -0.4 is 19.8 Å². The molecule has 9 nitrogen and oxygen atoms in total. The SMILES string of the molecule is C[C@@H](CO)S(=O)(=O)Nc1ccc(C(=O)Nc2cccc(N3CCC(F)(F)CC3)n2)c(N2CCC(=C(F)F)CC2)c1. The van der Waals surface area contributed by atoms with Gasteiger partial charge >= 0.3 is 0 Å². The van der Waals surface area contributed by atoms with Gasteiger partial charge < -0.3 is 20.2 Å². The monoisotopic (exact) mass is 585 g/mol. The van der Waals surface area contributed by atoms with Crippen LogP contribution in [0, 0.1) is 0 Å². The summed E-state index contributed by atoms with van der Waals surface area (Å²) in [6.45, 7) is 1.36. The van der Waals surface area contributed by atoms with Crippen LogP contribution in [0.25, 0.3) is 0 Å². The van der Waals surface area contributed by atoms with Gasteiger partial charge in [-0.3, -0.25) is 9.52 Å². The summed E-state index contributed by atoms with van der Waals surface area (Å²) in [4.78, 5) is 21.2. The number of aromatic nitrogens is 1. The van der Waals surface area contributed by atoms with Crippen molar-refractivity contribution < 1.29 is 35.9 Å². The summed E-state index contributed by atoms with van der Waals surface area (Å²) in [6.07, 6.45) is -2.14. The molecule has 1 atom stereocenters. The van der Waals surface area contributed by atoms with E-state index < -0.39 is 39.8 Å². The van der Waals surface area contributed by atoms with Crippen LogP contribution in [0.2, 0.25) is 0 Å². The average molecular weight is 586 g/mol. The van der Waals surface area contributed by atoms with Crippen molar-refractivity contribution in [2.75, 3.05) is 52.6 Å². The molecule has 218 valence electrons. The van der Waals surface area contributed by atoms with E-state index in [0.29, 0.717) is 11.5 Å². The van der Waals surface area contributed by atoms with Gasteiger partial charge in [-0.2, -0.15) is 8.78 Å². The Morgan fingerprint density at radius 2 is 1.75 bits per heavy atom. The van der Waals surface area contributed by atoms with Crippen molar-refractivity contribution in [2.24, 2.45) is 0 Å². The largest absolute Gasteiger partial charge is 0.395 e. The Morgan fingerprint density at radius 1 is 1.07 bits per heavy atom. The molecule has 3 N–H and O–H groups in total. The second kappa shape index (κ2) is 12.0. The van der Waals surface area contributed by atoms with E-state index >= 15 is 0 Å². The highest BCUT2D eigenvalue weighted by molar-refractivity contribution is 7.93. The molecule has 0 aliphatic carbocycles. The molecule has 1 amide bonds. The number of piperidine rings is 2. The highest BCUT2D eigenvalue weighted by Gasteiger charge is 2.34. The number of nitrogens with zero attached hydrogens (tertiary/aromatic N) is 3. The summed E-state index contributed by atoms with van der Waals surface area (Å²) in [5, 5.41) is 10.9. The Hall–Kier alpha value is -3.39. The number of anilines is 4. The minimum Gasteiger partial charge on any atom is -0.395 e. The molecule has 2 aromatic rings. The van der Waals surface area contributed by atoms with Crippen LogP contribution in [0.1, 0.15) is 43.0 Å². The minimum absolute atomic E-state index is 0.0346. The Balaban J connectivity index is 1.59. The van der Waals surface area contributed by atoms with Crippen molar-refractivity contribution in [2.45, 2.75) is 43.8 Å². The smallest absolute Gasteiger partial charge is 0.269 e. The molecule has 1 aromatic heterocycles. The first kappa shape index (κ1) is 29.6. The highest BCUT2D eigenvalue weighted by Crippen LogP contribution is 2.33. The molecule has 14 heteroatoms. The van der Waals surface area contributed by atoms with Crippen molar-refractivity contribution in [3.63, 3.8) is 0 Å². The number of sulfonamides is 1. The maximum atomic E-state index is 13.6. The van der Waals surface area contributed by atoms with Gasteiger partial charge in [0.1, 0.15) is 16.9 Å². The van der Waals surface area contributed by atoms with Gasteiger partial charge in [0.05, 0.1) is 23.5 Å². The second-order valence-corrected chi connectivity index (χ2v) is 12.0. The topological polar surface area (TPSA) is 115 Å². The second-order valence-electron chi connectivity index (χ2n) is 9.90. The van der Waals surface area contributed by atoms with E-state index in [1.165, 1.54) is 25.1 Å². The standard InChI is InChI=1S/C26H31F4N5O4S/c1-17(16-36)40(38,39)33-19-5-6-20(21(15-19)34-11-7-18(8-12-34)24(27)28)25(37)32-22-3-2-4-23(31-22)35-13-9-26(29,30)10-14-35/h2-6,15,17,33,36H,7-14,16H2,1H3,(H,31,32,37)/t17-/m0/s1. The first-order valence-corrected chi connectivity index (χ1v) is 14.4. The lowest BCUT2D eigenvalue weighted by Gasteiger charge is -2.32. The number of alkyl halides is 2. The van der Waals surface area contributed by atoms with Gasteiger partial charge in [0.2, 0.25) is 10.0 Å². The highest BCUT2D eigenvalue weighted by atomic mass is 32.2. The first-order valence-electron chi connectivity index (χ1n) is 12.8. The summed E-state index contributed by atoms with van der Waals surface area (Å²) >= 11 is 0. The van der Waals surface area contributed by atoms with Gasteiger partial charge in [0.15, 0.2) is 0 Å². The molecule has 0 unspecified atom stereocenters. The minimum atomic E-state index is -3.92. The molecular weight excluding hydrogens is 554 g/mol. The van der Waals surface area contributed by atoms with Gasteiger partial charge in [0.25, 0.3) is 17.9 Å². The number of halogens is 4. The lowest BCUT2D eigenvalue weighted by atomic mass is 10.0. The van der Waals surface area contributed by atoms with Crippen LogP contribution >= 0.6 is 0 Å². The summed E-state index contributed by atoms with van der Waals surface area (Å²) in [5.41, 5.74) is 0.678. The molecule has 2 fully saturated rings. The number of aliphatic hydroxyl groups excluding tert-OH is 1. The van der Waals surface area contributed by atoms with E-state index in [-0.39, 0.29) is 74.5 Å². The molecule has 1 aromatic carbocycles. The zero-order chi connectivity index (χ0) is 29.1. The third-order valence-electron chi connectivity index (χ3n) is 7.06. The molecule has 2 saturated heterocycles. The number of hydrogen-bond donors (Lipinski definition) is 3. The van der Waals surface area contributed by atoms with E-state index in [1.54, 1.807) is 28.0 Å². The zero-order valence-corrected chi connectivity index (χ0v) is 22.7. The molecule has 40 heavy (non-hydrogen) atoms. The van der Waals surface area contributed by atoms with Crippen molar-refractivity contribution >= 4 is 38.9 Å². The predicted molar refractivity (Wildman–Crippen MR) is 145 cm³/mol. The van der Waals surface area contributed by atoms with Crippen LogP contribution in [0.15, 0.2) is 48.1 Å². The summed E-state index contributed by atoms with van der Waals surface area (Å²) in [7, 11) is -3.92. The first-order chi connectivity index (χ1) is 18.9. The molecule has 4 rings (SSSR count). The summed E-state index contributed by atoms with van der Waals surface area (Å²) < 4.78 is 80.7. The van der Waals surface area contributed by atoms with E-state index in [4.69, 9.17) is 0 Å². The molecule has 3 heterocycles. The van der Waals surface area contributed by atoms with Gasteiger partial charge in [-0.15, -0.1) is 0 Å².